The van der Waals surface area contributed by atoms with Gasteiger partial charge in [0.1, 0.15) is 12.2 Å². The van der Waals surface area contributed by atoms with Gasteiger partial charge in [-0.3, -0.25) is 9.69 Å². The molecule has 0 atom stereocenters. The fourth-order valence-electron chi connectivity index (χ4n) is 3.03. The first-order chi connectivity index (χ1) is 13.1. The number of fused-ring (bicyclic) bond motifs is 1. The standard InChI is InChI=1S/C19H26N6OS/c1-3-5-8-11-24-13-20-25(19(24)27)14-23(4-2)12-17-21-16-10-7-6-9-15(16)18(26)22-17/h6-7,9-10,13H,3-5,8,11-12,14H2,1-2H3,(H,21,22,26). The van der Waals surface area contributed by atoms with Gasteiger partial charge in [-0.1, -0.05) is 38.8 Å². The number of rotatable bonds is 9. The van der Waals surface area contributed by atoms with Gasteiger partial charge in [0.2, 0.25) is 0 Å². The monoisotopic (exact) mass is 386 g/mol. The van der Waals surface area contributed by atoms with E-state index in [0.29, 0.717) is 29.9 Å². The van der Waals surface area contributed by atoms with Crippen LogP contribution < -0.4 is 5.56 Å². The average molecular weight is 387 g/mol. The van der Waals surface area contributed by atoms with Crippen LogP contribution in [-0.2, 0) is 19.8 Å². The molecule has 2 heterocycles. The number of hydrogen-bond acceptors (Lipinski definition) is 5. The molecule has 0 saturated carbocycles. The van der Waals surface area contributed by atoms with E-state index in [1.165, 1.54) is 12.8 Å². The molecule has 0 aliphatic carbocycles. The van der Waals surface area contributed by atoms with E-state index < -0.39 is 0 Å². The molecule has 0 amide bonds. The van der Waals surface area contributed by atoms with E-state index in [9.17, 15) is 4.79 Å². The highest BCUT2D eigenvalue weighted by Gasteiger charge is 2.11. The molecule has 0 radical (unpaired) electrons. The number of hydrogen-bond donors (Lipinski definition) is 1. The first-order valence-electron chi connectivity index (χ1n) is 9.45. The number of nitrogens with zero attached hydrogens (tertiary/aromatic N) is 5. The Morgan fingerprint density at radius 1 is 1.22 bits per heavy atom. The SMILES string of the molecule is CCCCCn1cnn(CN(CC)Cc2nc3ccccc3c(=O)[nH]2)c1=S. The summed E-state index contributed by atoms with van der Waals surface area (Å²) in [7, 11) is 0. The highest BCUT2D eigenvalue weighted by molar-refractivity contribution is 7.71. The lowest BCUT2D eigenvalue weighted by atomic mass is 10.2. The lowest BCUT2D eigenvalue weighted by Crippen LogP contribution is -2.28. The van der Waals surface area contributed by atoms with Gasteiger partial charge in [0, 0.05) is 6.54 Å². The molecule has 27 heavy (non-hydrogen) atoms. The minimum absolute atomic E-state index is 0.108. The number of unbranched alkanes of at least 4 members (excludes halogenated alkanes) is 2. The van der Waals surface area contributed by atoms with E-state index in [2.05, 4.69) is 33.8 Å². The Balaban J connectivity index is 1.73. The Kier molecular flexibility index (Phi) is 6.52. The minimum Gasteiger partial charge on any atom is -0.309 e. The van der Waals surface area contributed by atoms with Crippen molar-refractivity contribution >= 4 is 23.1 Å². The van der Waals surface area contributed by atoms with Gasteiger partial charge in [0.25, 0.3) is 5.56 Å². The molecule has 2 aromatic heterocycles. The van der Waals surface area contributed by atoms with Crippen LogP contribution in [0.25, 0.3) is 10.9 Å². The summed E-state index contributed by atoms with van der Waals surface area (Å²) in [4.78, 5) is 21.9. The van der Waals surface area contributed by atoms with Crippen molar-refractivity contribution < 1.29 is 0 Å². The fraction of sp³-hybridized carbons (Fsp3) is 0.474. The predicted octanol–water partition coefficient (Wildman–Crippen LogP) is 3.32. The van der Waals surface area contributed by atoms with Crippen LogP contribution in [0.4, 0.5) is 0 Å². The van der Waals surface area contributed by atoms with Crippen molar-refractivity contribution in [1.29, 1.82) is 0 Å². The van der Waals surface area contributed by atoms with Crippen molar-refractivity contribution in [2.24, 2.45) is 0 Å². The van der Waals surface area contributed by atoms with Crippen molar-refractivity contribution in [3.05, 3.63) is 51.5 Å². The molecule has 0 unspecified atom stereocenters. The third-order valence-corrected chi connectivity index (χ3v) is 5.06. The van der Waals surface area contributed by atoms with E-state index in [1.807, 2.05) is 33.8 Å². The topological polar surface area (TPSA) is 71.7 Å². The van der Waals surface area contributed by atoms with Gasteiger partial charge in [-0.25, -0.2) is 9.67 Å². The zero-order valence-corrected chi connectivity index (χ0v) is 16.7. The molecular formula is C19H26N6OS. The second-order valence-electron chi connectivity index (χ2n) is 6.63. The number of para-hydroxylation sites is 1. The molecule has 0 saturated heterocycles. The smallest absolute Gasteiger partial charge is 0.258 e. The highest BCUT2D eigenvalue weighted by Crippen LogP contribution is 2.08. The summed E-state index contributed by atoms with van der Waals surface area (Å²) in [6.07, 6.45) is 5.29. The summed E-state index contributed by atoms with van der Waals surface area (Å²) >= 11 is 5.55. The molecule has 0 bridgehead atoms. The van der Waals surface area contributed by atoms with Gasteiger partial charge in [0.05, 0.1) is 24.1 Å². The van der Waals surface area contributed by atoms with Crippen LogP contribution >= 0.6 is 12.2 Å². The molecule has 7 nitrogen and oxygen atoms in total. The molecule has 3 aromatic rings. The Morgan fingerprint density at radius 2 is 2.04 bits per heavy atom. The molecule has 1 aromatic carbocycles. The highest BCUT2D eigenvalue weighted by atomic mass is 32.1. The maximum absolute atomic E-state index is 12.3. The van der Waals surface area contributed by atoms with Gasteiger partial charge >= 0.3 is 0 Å². The fourth-order valence-corrected chi connectivity index (χ4v) is 3.27. The van der Waals surface area contributed by atoms with Crippen molar-refractivity contribution in [1.82, 2.24) is 29.2 Å². The molecule has 144 valence electrons. The van der Waals surface area contributed by atoms with Crippen LogP contribution in [0.15, 0.2) is 35.4 Å². The van der Waals surface area contributed by atoms with Crippen LogP contribution in [0, 0.1) is 4.77 Å². The molecule has 0 spiro atoms. The lowest BCUT2D eigenvalue weighted by molar-refractivity contribution is 0.202. The third kappa shape index (κ3) is 4.70. The number of aromatic nitrogens is 5. The summed E-state index contributed by atoms with van der Waals surface area (Å²) < 4.78 is 4.57. The number of nitrogens with one attached hydrogen (secondary N) is 1. The van der Waals surface area contributed by atoms with Crippen LogP contribution in [0.2, 0.25) is 0 Å². The van der Waals surface area contributed by atoms with E-state index in [1.54, 1.807) is 6.07 Å². The maximum Gasteiger partial charge on any atom is 0.258 e. The third-order valence-electron chi connectivity index (χ3n) is 4.62. The molecule has 1 N–H and O–H groups in total. The number of H-pyrrole nitrogens is 1. The number of aromatic amines is 1. The number of benzene rings is 1. The van der Waals surface area contributed by atoms with Gasteiger partial charge in [0.15, 0.2) is 4.77 Å². The zero-order chi connectivity index (χ0) is 19.2. The van der Waals surface area contributed by atoms with Crippen molar-refractivity contribution in [2.45, 2.75) is 52.9 Å². The zero-order valence-electron chi connectivity index (χ0n) is 15.9. The van der Waals surface area contributed by atoms with Crippen molar-refractivity contribution in [2.75, 3.05) is 6.54 Å². The van der Waals surface area contributed by atoms with Gasteiger partial charge in [-0.05, 0) is 37.3 Å². The van der Waals surface area contributed by atoms with E-state index in [-0.39, 0.29) is 5.56 Å². The Labute approximate surface area is 163 Å². The Hall–Kier alpha value is -2.32. The van der Waals surface area contributed by atoms with Crippen LogP contribution in [0.1, 0.15) is 38.9 Å². The van der Waals surface area contributed by atoms with E-state index >= 15 is 0 Å². The number of aryl methyl sites for hydroxylation is 1. The van der Waals surface area contributed by atoms with E-state index in [0.717, 1.165) is 24.3 Å². The average Bonchev–Trinajstić information content (AvgIpc) is 3.01. The Bertz CT molecular complexity index is 1010. The van der Waals surface area contributed by atoms with Crippen LogP contribution in [0.3, 0.4) is 0 Å². The van der Waals surface area contributed by atoms with Crippen LogP contribution in [0.5, 0.6) is 0 Å². The largest absolute Gasteiger partial charge is 0.309 e. The summed E-state index contributed by atoms with van der Waals surface area (Å²) in [5.41, 5.74) is 0.604. The normalized spacial score (nSPS) is 11.5. The summed E-state index contributed by atoms with van der Waals surface area (Å²) in [5.74, 6) is 0.648. The molecular weight excluding hydrogens is 360 g/mol. The summed E-state index contributed by atoms with van der Waals surface area (Å²) in [6, 6.07) is 7.38. The minimum atomic E-state index is -0.108. The molecule has 3 rings (SSSR count). The lowest BCUT2D eigenvalue weighted by Gasteiger charge is -2.19. The first kappa shape index (κ1) is 19.4. The molecule has 8 heteroatoms. The van der Waals surface area contributed by atoms with Crippen molar-refractivity contribution in [3.63, 3.8) is 0 Å². The second kappa shape index (κ2) is 9.05. The molecule has 0 aliphatic rings. The second-order valence-corrected chi connectivity index (χ2v) is 7.00. The first-order valence-corrected chi connectivity index (χ1v) is 9.85. The predicted molar refractivity (Wildman–Crippen MR) is 109 cm³/mol. The Morgan fingerprint density at radius 3 is 2.81 bits per heavy atom. The van der Waals surface area contributed by atoms with Crippen LogP contribution in [-0.4, -0.2) is 35.8 Å². The van der Waals surface area contributed by atoms with Crippen molar-refractivity contribution in [3.8, 4) is 0 Å². The summed E-state index contributed by atoms with van der Waals surface area (Å²) in [5, 5.41) is 5.04. The molecule has 0 aliphatic heterocycles. The van der Waals surface area contributed by atoms with Gasteiger partial charge in [-0.2, -0.15) is 5.10 Å². The molecule has 0 fully saturated rings. The quantitative estimate of drug-likeness (QED) is 0.451. The van der Waals surface area contributed by atoms with Gasteiger partial charge in [-0.15, -0.1) is 0 Å². The summed E-state index contributed by atoms with van der Waals surface area (Å²) in [6.45, 7) is 7.04. The van der Waals surface area contributed by atoms with E-state index in [4.69, 9.17) is 12.2 Å². The maximum atomic E-state index is 12.3. The van der Waals surface area contributed by atoms with Gasteiger partial charge < -0.3 is 9.55 Å².